The largest absolute Gasteiger partial charge is 0.395 e. The van der Waals surface area contributed by atoms with Crippen molar-refractivity contribution in [3.05, 3.63) is 39.4 Å². The quantitative estimate of drug-likeness (QED) is 0.645. The van der Waals surface area contributed by atoms with E-state index in [-0.39, 0.29) is 24.2 Å². The minimum absolute atomic E-state index is 0.0108. The molecule has 1 aliphatic rings. The second-order valence-electron chi connectivity index (χ2n) is 4.71. The first-order valence-corrected chi connectivity index (χ1v) is 6.21. The summed E-state index contributed by atoms with van der Waals surface area (Å²) in [6.45, 7) is 1.84. The smallest absolute Gasteiger partial charge is 0.272 e. The van der Waals surface area contributed by atoms with Gasteiger partial charge in [0.15, 0.2) is 0 Å². The summed E-state index contributed by atoms with van der Waals surface area (Å²) < 4.78 is 0. The third-order valence-corrected chi connectivity index (χ3v) is 3.23. The number of nitro groups is 1. The fourth-order valence-corrected chi connectivity index (χ4v) is 2.10. The lowest BCUT2D eigenvalue weighted by molar-refractivity contribution is -0.385. The zero-order valence-electron chi connectivity index (χ0n) is 10.7. The van der Waals surface area contributed by atoms with Gasteiger partial charge in [-0.1, -0.05) is 0 Å². The zero-order chi connectivity index (χ0) is 14.0. The molecule has 0 atom stereocenters. The Hall–Kier alpha value is -1.95. The third kappa shape index (κ3) is 2.90. The standard InChI is InChI=1S/C13H16N2O4/c1-9-8-10(2-5-12(9)15(18)19)13(17)14(6-7-16)11-3-4-11/h2,5,8,11,16H,3-4,6-7H2,1H3. The maximum absolute atomic E-state index is 12.3. The average Bonchev–Trinajstić information content (AvgIpc) is 3.18. The van der Waals surface area contributed by atoms with Crippen LogP contribution < -0.4 is 0 Å². The van der Waals surface area contributed by atoms with Gasteiger partial charge >= 0.3 is 0 Å². The zero-order valence-corrected chi connectivity index (χ0v) is 10.7. The summed E-state index contributed by atoms with van der Waals surface area (Å²) >= 11 is 0. The van der Waals surface area contributed by atoms with Crippen molar-refractivity contribution in [3.63, 3.8) is 0 Å². The van der Waals surface area contributed by atoms with Gasteiger partial charge in [0.1, 0.15) is 0 Å². The Morgan fingerprint density at radius 2 is 2.21 bits per heavy atom. The number of aliphatic hydroxyl groups excluding tert-OH is 1. The molecule has 102 valence electrons. The van der Waals surface area contributed by atoms with Crippen LogP contribution in [0.3, 0.4) is 0 Å². The van der Waals surface area contributed by atoms with Gasteiger partial charge in [0, 0.05) is 29.8 Å². The maximum Gasteiger partial charge on any atom is 0.272 e. The molecule has 0 radical (unpaired) electrons. The average molecular weight is 264 g/mol. The van der Waals surface area contributed by atoms with Crippen molar-refractivity contribution >= 4 is 11.6 Å². The number of carbonyl (C=O) groups excluding carboxylic acids is 1. The summed E-state index contributed by atoms with van der Waals surface area (Å²) in [6.07, 6.45) is 1.91. The summed E-state index contributed by atoms with van der Waals surface area (Å²) in [6, 6.07) is 4.56. The van der Waals surface area contributed by atoms with Gasteiger partial charge in [-0.25, -0.2) is 0 Å². The van der Waals surface area contributed by atoms with Crippen LogP contribution in [0.4, 0.5) is 5.69 Å². The van der Waals surface area contributed by atoms with Gasteiger partial charge in [-0.3, -0.25) is 14.9 Å². The normalized spacial score (nSPS) is 14.2. The van der Waals surface area contributed by atoms with Crippen LogP contribution in [0.25, 0.3) is 0 Å². The molecule has 1 saturated carbocycles. The summed E-state index contributed by atoms with van der Waals surface area (Å²) in [4.78, 5) is 24.2. The summed E-state index contributed by atoms with van der Waals surface area (Å²) in [5.74, 6) is -0.172. The Balaban J connectivity index is 2.23. The Morgan fingerprint density at radius 1 is 1.53 bits per heavy atom. The molecule has 0 heterocycles. The molecule has 1 N–H and O–H groups in total. The predicted molar refractivity (Wildman–Crippen MR) is 69.0 cm³/mol. The summed E-state index contributed by atoms with van der Waals surface area (Å²) in [5, 5.41) is 19.7. The van der Waals surface area contributed by atoms with E-state index in [2.05, 4.69) is 0 Å². The number of benzene rings is 1. The fourth-order valence-electron chi connectivity index (χ4n) is 2.10. The van der Waals surface area contributed by atoms with E-state index in [9.17, 15) is 14.9 Å². The van der Waals surface area contributed by atoms with Crippen molar-refractivity contribution in [1.29, 1.82) is 0 Å². The van der Waals surface area contributed by atoms with Gasteiger partial charge in [-0.2, -0.15) is 0 Å². The van der Waals surface area contributed by atoms with Crippen LogP contribution in [0.1, 0.15) is 28.8 Å². The van der Waals surface area contributed by atoms with Crippen molar-refractivity contribution in [2.75, 3.05) is 13.2 Å². The van der Waals surface area contributed by atoms with Gasteiger partial charge in [0.25, 0.3) is 11.6 Å². The van der Waals surface area contributed by atoms with E-state index in [0.717, 1.165) is 12.8 Å². The van der Waals surface area contributed by atoms with Crippen LogP contribution >= 0.6 is 0 Å². The number of nitrogens with zero attached hydrogens (tertiary/aromatic N) is 2. The number of carbonyl (C=O) groups is 1. The Morgan fingerprint density at radius 3 is 2.68 bits per heavy atom. The van der Waals surface area contributed by atoms with Gasteiger partial charge in [-0.15, -0.1) is 0 Å². The van der Waals surface area contributed by atoms with Crippen molar-refractivity contribution in [1.82, 2.24) is 4.90 Å². The number of rotatable bonds is 5. The molecular weight excluding hydrogens is 248 g/mol. The van der Waals surface area contributed by atoms with Crippen LogP contribution in [-0.4, -0.2) is 40.0 Å². The topological polar surface area (TPSA) is 83.7 Å². The monoisotopic (exact) mass is 264 g/mol. The first-order valence-electron chi connectivity index (χ1n) is 6.21. The van der Waals surface area contributed by atoms with E-state index in [1.54, 1.807) is 11.8 Å². The number of hydrogen-bond donors (Lipinski definition) is 1. The van der Waals surface area contributed by atoms with Crippen LogP contribution in [-0.2, 0) is 0 Å². The molecule has 0 saturated heterocycles. The highest BCUT2D eigenvalue weighted by atomic mass is 16.6. The van der Waals surface area contributed by atoms with Crippen molar-refractivity contribution < 1.29 is 14.8 Å². The highest BCUT2D eigenvalue weighted by molar-refractivity contribution is 5.95. The van der Waals surface area contributed by atoms with Gasteiger partial charge in [0.2, 0.25) is 0 Å². The van der Waals surface area contributed by atoms with Crippen molar-refractivity contribution in [3.8, 4) is 0 Å². The third-order valence-electron chi connectivity index (χ3n) is 3.23. The summed E-state index contributed by atoms with van der Waals surface area (Å²) in [5.41, 5.74) is 0.913. The highest BCUT2D eigenvalue weighted by Gasteiger charge is 2.32. The SMILES string of the molecule is Cc1cc(C(=O)N(CCO)C2CC2)ccc1[N+](=O)[O-]. The second kappa shape index (κ2) is 5.36. The molecule has 6 heteroatoms. The van der Waals surface area contributed by atoms with Gasteiger partial charge in [-0.05, 0) is 31.9 Å². The van der Waals surface area contributed by atoms with E-state index in [4.69, 9.17) is 5.11 Å². The van der Waals surface area contributed by atoms with E-state index in [1.165, 1.54) is 18.2 Å². The molecule has 1 amide bonds. The predicted octanol–water partition coefficient (Wildman–Crippen LogP) is 1.50. The van der Waals surface area contributed by atoms with E-state index in [0.29, 0.717) is 17.7 Å². The molecular formula is C13H16N2O4. The molecule has 0 spiro atoms. The molecule has 6 nitrogen and oxygen atoms in total. The molecule has 0 aliphatic heterocycles. The van der Waals surface area contributed by atoms with Gasteiger partial charge < -0.3 is 10.0 Å². The second-order valence-corrected chi connectivity index (χ2v) is 4.71. The molecule has 1 aromatic rings. The Kier molecular flexibility index (Phi) is 3.80. The van der Waals surface area contributed by atoms with E-state index < -0.39 is 4.92 Å². The first-order chi connectivity index (χ1) is 9.04. The number of amides is 1. The maximum atomic E-state index is 12.3. The van der Waals surface area contributed by atoms with E-state index >= 15 is 0 Å². The molecule has 0 aromatic heterocycles. The summed E-state index contributed by atoms with van der Waals surface area (Å²) in [7, 11) is 0. The molecule has 1 fully saturated rings. The van der Waals surface area contributed by atoms with Crippen molar-refractivity contribution in [2.45, 2.75) is 25.8 Å². The number of hydrogen-bond acceptors (Lipinski definition) is 4. The Labute approximate surface area is 110 Å². The molecule has 0 bridgehead atoms. The molecule has 1 aromatic carbocycles. The number of aliphatic hydroxyl groups is 1. The number of nitro benzene ring substituents is 1. The lowest BCUT2D eigenvalue weighted by Crippen LogP contribution is -2.35. The van der Waals surface area contributed by atoms with Crippen LogP contribution in [0, 0.1) is 17.0 Å². The van der Waals surface area contributed by atoms with E-state index in [1.807, 2.05) is 0 Å². The first kappa shape index (κ1) is 13.5. The number of aryl methyl sites for hydroxylation is 1. The minimum atomic E-state index is -0.462. The molecule has 2 rings (SSSR count). The van der Waals surface area contributed by atoms with Gasteiger partial charge in [0.05, 0.1) is 11.5 Å². The minimum Gasteiger partial charge on any atom is -0.395 e. The van der Waals surface area contributed by atoms with Crippen LogP contribution in [0.15, 0.2) is 18.2 Å². The fraction of sp³-hybridized carbons (Fsp3) is 0.462. The van der Waals surface area contributed by atoms with Crippen molar-refractivity contribution in [2.24, 2.45) is 0 Å². The highest BCUT2D eigenvalue weighted by Crippen LogP contribution is 2.28. The lowest BCUT2D eigenvalue weighted by Gasteiger charge is -2.21. The molecule has 19 heavy (non-hydrogen) atoms. The molecule has 1 aliphatic carbocycles. The lowest BCUT2D eigenvalue weighted by atomic mass is 10.1. The van der Waals surface area contributed by atoms with Crippen LogP contribution in [0.2, 0.25) is 0 Å². The van der Waals surface area contributed by atoms with Crippen LogP contribution in [0.5, 0.6) is 0 Å². The molecule has 0 unspecified atom stereocenters. The Bertz CT molecular complexity index is 511.